The number of rotatable bonds is 4. The van der Waals surface area contributed by atoms with Gasteiger partial charge in [-0.2, -0.15) is 0 Å². The van der Waals surface area contributed by atoms with Gasteiger partial charge >= 0.3 is 0 Å². The van der Waals surface area contributed by atoms with Crippen molar-refractivity contribution in [2.45, 2.75) is 26.3 Å². The van der Waals surface area contributed by atoms with Crippen LogP contribution in [0.4, 0.5) is 0 Å². The van der Waals surface area contributed by atoms with Gasteiger partial charge < -0.3 is 5.32 Å². The van der Waals surface area contributed by atoms with Crippen LogP contribution in [0.15, 0.2) is 42.6 Å². The minimum Gasteiger partial charge on any atom is -0.345 e. The van der Waals surface area contributed by atoms with Gasteiger partial charge in [-0.05, 0) is 31.0 Å². The summed E-state index contributed by atoms with van der Waals surface area (Å²) in [6.45, 7) is 4.09. The van der Waals surface area contributed by atoms with Crippen molar-refractivity contribution in [2.75, 3.05) is 0 Å². The molecule has 3 nitrogen and oxygen atoms in total. The molecular weight excluding hydrogens is 272 g/mol. The monoisotopic (exact) mass is 288 g/mol. The lowest BCUT2D eigenvalue weighted by molar-refractivity contribution is 0.0935. The molecule has 2 aromatic rings. The highest BCUT2D eigenvalue weighted by atomic mass is 35.5. The van der Waals surface area contributed by atoms with Crippen LogP contribution in [-0.4, -0.2) is 10.9 Å². The average molecular weight is 289 g/mol. The average Bonchev–Trinajstić information content (AvgIpc) is 2.46. The SMILES string of the molecule is CC[C@@H](NC(=O)c1ccc(Cl)nc1)c1ccc(C)cc1. The molecule has 0 aliphatic carbocycles. The molecule has 0 spiro atoms. The maximum atomic E-state index is 12.2. The molecule has 1 N–H and O–H groups in total. The van der Waals surface area contributed by atoms with E-state index in [4.69, 9.17) is 11.6 Å². The molecule has 1 heterocycles. The highest BCUT2D eigenvalue weighted by Crippen LogP contribution is 2.18. The number of hydrogen-bond donors (Lipinski definition) is 1. The smallest absolute Gasteiger partial charge is 0.253 e. The number of nitrogens with zero attached hydrogens (tertiary/aromatic N) is 1. The molecule has 20 heavy (non-hydrogen) atoms. The second-order valence-corrected chi connectivity index (χ2v) is 5.10. The fourth-order valence-corrected chi connectivity index (χ4v) is 2.08. The van der Waals surface area contributed by atoms with Gasteiger partial charge in [0.05, 0.1) is 11.6 Å². The summed E-state index contributed by atoms with van der Waals surface area (Å²) in [6, 6.07) is 11.5. The van der Waals surface area contributed by atoms with Crippen molar-refractivity contribution in [1.82, 2.24) is 10.3 Å². The number of aromatic nitrogens is 1. The number of halogens is 1. The number of benzene rings is 1. The van der Waals surface area contributed by atoms with Crippen LogP contribution >= 0.6 is 11.6 Å². The van der Waals surface area contributed by atoms with E-state index >= 15 is 0 Å². The van der Waals surface area contributed by atoms with Gasteiger partial charge in [0.25, 0.3) is 5.91 Å². The highest BCUT2D eigenvalue weighted by molar-refractivity contribution is 6.29. The van der Waals surface area contributed by atoms with Gasteiger partial charge in [0, 0.05) is 6.20 Å². The number of pyridine rings is 1. The molecule has 0 aliphatic heterocycles. The van der Waals surface area contributed by atoms with Gasteiger partial charge in [-0.1, -0.05) is 48.4 Å². The summed E-state index contributed by atoms with van der Waals surface area (Å²) in [7, 11) is 0. The van der Waals surface area contributed by atoms with Crippen molar-refractivity contribution in [2.24, 2.45) is 0 Å². The van der Waals surface area contributed by atoms with Crippen LogP contribution in [0.3, 0.4) is 0 Å². The predicted molar refractivity (Wildman–Crippen MR) is 80.9 cm³/mol. The molecule has 1 atom stereocenters. The molecule has 1 amide bonds. The van der Waals surface area contributed by atoms with Crippen LogP contribution in [0.1, 0.15) is 40.9 Å². The van der Waals surface area contributed by atoms with E-state index in [9.17, 15) is 4.79 Å². The van der Waals surface area contributed by atoms with E-state index in [1.54, 1.807) is 12.1 Å². The second-order valence-electron chi connectivity index (χ2n) is 4.71. The van der Waals surface area contributed by atoms with E-state index in [0.29, 0.717) is 10.7 Å². The van der Waals surface area contributed by atoms with Crippen molar-refractivity contribution in [1.29, 1.82) is 0 Å². The Morgan fingerprint density at radius 1 is 1.25 bits per heavy atom. The normalized spacial score (nSPS) is 11.9. The molecule has 1 aromatic carbocycles. The number of nitrogens with one attached hydrogen (secondary N) is 1. The quantitative estimate of drug-likeness (QED) is 0.866. The molecule has 1 aromatic heterocycles. The first-order chi connectivity index (χ1) is 9.60. The number of carbonyl (C=O) groups is 1. The molecule has 2 rings (SSSR count). The molecule has 0 radical (unpaired) electrons. The summed E-state index contributed by atoms with van der Waals surface area (Å²) in [5.74, 6) is -0.137. The van der Waals surface area contributed by atoms with Crippen molar-refractivity contribution in [3.05, 3.63) is 64.4 Å². The van der Waals surface area contributed by atoms with E-state index in [2.05, 4.69) is 10.3 Å². The Morgan fingerprint density at radius 3 is 2.50 bits per heavy atom. The summed E-state index contributed by atoms with van der Waals surface area (Å²) in [6.07, 6.45) is 2.31. The fourth-order valence-electron chi connectivity index (χ4n) is 1.97. The third-order valence-corrected chi connectivity index (χ3v) is 3.41. The molecule has 0 saturated carbocycles. The first-order valence-electron chi connectivity index (χ1n) is 6.59. The maximum absolute atomic E-state index is 12.2. The lowest BCUT2D eigenvalue weighted by atomic mass is 10.0. The number of hydrogen-bond acceptors (Lipinski definition) is 2. The summed E-state index contributed by atoms with van der Waals surface area (Å²) < 4.78 is 0. The van der Waals surface area contributed by atoms with E-state index in [0.717, 1.165) is 12.0 Å². The largest absolute Gasteiger partial charge is 0.345 e. The van der Waals surface area contributed by atoms with Crippen molar-refractivity contribution in [3.8, 4) is 0 Å². The van der Waals surface area contributed by atoms with E-state index < -0.39 is 0 Å². The Morgan fingerprint density at radius 2 is 1.95 bits per heavy atom. The molecular formula is C16H17ClN2O. The van der Waals surface area contributed by atoms with Crippen molar-refractivity contribution < 1.29 is 4.79 Å². The minimum atomic E-state index is -0.137. The topological polar surface area (TPSA) is 42.0 Å². The molecule has 0 fully saturated rings. The second kappa shape index (κ2) is 6.53. The zero-order valence-corrected chi connectivity index (χ0v) is 12.3. The molecule has 4 heteroatoms. The highest BCUT2D eigenvalue weighted by Gasteiger charge is 2.14. The summed E-state index contributed by atoms with van der Waals surface area (Å²) in [5, 5.41) is 3.40. The van der Waals surface area contributed by atoms with E-state index in [1.807, 2.05) is 38.1 Å². The first kappa shape index (κ1) is 14.5. The molecule has 0 aliphatic rings. The Hall–Kier alpha value is -1.87. The van der Waals surface area contributed by atoms with Crippen LogP contribution < -0.4 is 5.32 Å². The Labute approximate surface area is 124 Å². The Balaban J connectivity index is 2.11. The van der Waals surface area contributed by atoms with Crippen LogP contribution in [0.5, 0.6) is 0 Å². The third-order valence-electron chi connectivity index (χ3n) is 3.18. The molecule has 0 unspecified atom stereocenters. The molecule has 0 bridgehead atoms. The number of amides is 1. The summed E-state index contributed by atoms with van der Waals surface area (Å²) in [4.78, 5) is 16.1. The number of carbonyl (C=O) groups excluding carboxylic acids is 1. The molecule has 104 valence electrons. The minimum absolute atomic E-state index is 0.00113. The van der Waals surface area contributed by atoms with Crippen LogP contribution in [0.25, 0.3) is 0 Å². The standard InChI is InChI=1S/C16H17ClN2O/c1-3-14(12-6-4-11(2)5-7-12)19-16(20)13-8-9-15(17)18-10-13/h4-10,14H,3H2,1-2H3,(H,19,20)/t14-/m1/s1. The zero-order valence-electron chi connectivity index (χ0n) is 11.6. The first-order valence-corrected chi connectivity index (χ1v) is 6.97. The van der Waals surface area contributed by atoms with Gasteiger partial charge in [0.15, 0.2) is 0 Å². The lowest BCUT2D eigenvalue weighted by Crippen LogP contribution is -2.28. The fraction of sp³-hybridized carbons (Fsp3) is 0.250. The van der Waals surface area contributed by atoms with Crippen LogP contribution in [0.2, 0.25) is 5.15 Å². The summed E-state index contributed by atoms with van der Waals surface area (Å²) in [5.41, 5.74) is 2.82. The van der Waals surface area contributed by atoms with E-state index in [-0.39, 0.29) is 11.9 Å². The zero-order chi connectivity index (χ0) is 14.5. The number of aryl methyl sites for hydroxylation is 1. The predicted octanol–water partition coefficient (Wildman–Crippen LogP) is 3.92. The van der Waals surface area contributed by atoms with Gasteiger partial charge in [-0.3, -0.25) is 4.79 Å². The van der Waals surface area contributed by atoms with Gasteiger partial charge in [0.2, 0.25) is 0 Å². The Kier molecular flexibility index (Phi) is 4.74. The summed E-state index contributed by atoms with van der Waals surface area (Å²) >= 11 is 5.72. The van der Waals surface area contributed by atoms with Crippen LogP contribution in [-0.2, 0) is 0 Å². The third kappa shape index (κ3) is 3.58. The van der Waals surface area contributed by atoms with Gasteiger partial charge in [-0.15, -0.1) is 0 Å². The van der Waals surface area contributed by atoms with Gasteiger partial charge in [0.1, 0.15) is 5.15 Å². The van der Waals surface area contributed by atoms with E-state index in [1.165, 1.54) is 11.8 Å². The maximum Gasteiger partial charge on any atom is 0.253 e. The lowest BCUT2D eigenvalue weighted by Gasteiger charge is -2.17. The van der Waals surface area contributed by atoms with Crippen molar-refractivity contribution in [3.63, 3.8) is 0 Å². The van der Waals surface area contributed by atoms with Gasteiger partial charge in [-0.25, -0.2) is 4.98 Å². The Bertz CT molecular complexity index is 578. The van der Waals surface area contributed by atoms with Crippen molar-refractivity contribution >= 4 is 17.5 Å². The van der Waals surface area contributed by atoms with Crippen LogP contribution in [0, 0.1) is 6.92 Å². The molecule has 0 saturated heterocycles.